The highest BCUT2D eigenvalue weighted by Crippen LogP contribution is 2.12. The standard InChI is InChI=1S/C14H20N2/c1-3-5-7-13-10-9-12(11-15)14(16-13)8-6-4-2/h9-10H,3-8H2,1-2H3. The Morgan fingerprint density at radius 1 is 1.12 bits per heavy atom. The van der Waals surface area contributed by atoms with Crippen LogP contribution in [-0.4, -0.2) is 4.98 Å². The van der Waals surface area contributed by atoms with Gasteiger partial charge in [-0.1, -0.05) is 26.7 Å². The molecule has 1 heterocycles. The first-order valence-electron chi connectivity index (χ1n) is 6.20. The molecule has 86 valence electrons. The molecule has 0 spiro atoms. The minimum atomic E-state index is 0.744. The van der Waals surface area contributed by atoms with E-state index in [2.05, 4.69) is 24.9 Å². The molecule has 2 nitrogen and oxygen atoms in total. The van der Waals surface area contributed by atoms with Gasteiger partial charge < -0.3 is 0 Å². The van der Waals surface area contributed by atoms with Crippen molar-refractivity contribution in [1.29, 1.82) is 5.26 Å². The van der Waals surface area contributed by atoms with Crippen LogP contribution < -0.4 is 0 Å². The largest absolute Gasteiger partial charge is 0.257 e. The van der Waals surface area contributed by atoms with Crippen LogP contribution in [0.3, 0.4) is 0 Å². The van der Waals surface area contributed by atoms with Crippen LogP contribution in [0.15, 0.2) is 12.1 Å². The van der Waals surface area contributed by atoms with Crippen LogP contribution in [0.2, 0.25) is 0 Å². The van der Waals surface area contributed by atoms with E-state index in [1.807, 2.05) is 12.1 Å². The molecule has 0 bridgehead atoms. The van der Waals surface area contributed by atoms with Crippen LogP contribution in [-0.2, 0) is 12.8 Å². The third-order valence-electron chi connectivity index (χ3n) is 2.71. The second-order valence-electron chi connectivity index (χ2n) is 4.12. The monoisotopic (exact) mass is 216 g/mol. The van der Waals surface area contributed by atoms with Gasteiger partial charge in [0.2, 0.25) is 0 Å². The summed E-state index contributed by atoms with van der Waals surface area (Å²) in [5.41, 5.74) is 2.86. The molecule has 0 aliphatic rings. The first-order valence-corrected chi connectivity index (χ1v) is 6.20. The third-order valence-corrected chi connectivity index (χ3v) is 2.71. The zero-order chi connectivity index (χ0) is 11.8. The maximum absolute atomic E-state index is 8.99. The lowest BCUT2D eigenvalue weighted by Gasteiger charge is -2.05. The van der Waals surface area contributed by atoms with E-state index in [4.69, 9.17) is 5.26 Å². The highest BCUT2D eigenvalue weighted by atomic mass is 14.7. The van der Waals surface area contributed by atoms with E-state index in [9.17, 15) is 0 Å². The van der Waals surface area contributed by atoms with Crippen molar-refractivity contribution in [2.45, 2.75) is 52.4 Å². The number of hydrogen-bond acceptors (Lipinski definition) is 2. The lowest BCUT2D eigenvalue weighted by Crippen LogP contribution is -1.99. The molecule has 1 rings (SSSR count). The first kappa shape index (κ1) is 12.7. The molecular formula is C14H20N2. The number of aromatic nitrogens is 1. The number of aryl methyl sites for hydroxylation is 2. The molecule has 0 amide bonds. The van der Waals surface area contributed by atoms with Gasteiger partial charge in [-0.25, -0.2) is 0 Å². The Morgan fingerprint density at radius 2 is 1.81 bits per heavy atom. The Balaban J connectivity index is 2.80. The summed E-state index contributed by atoms with van der Waals surface area (Å²) in [4.78, 5) is 4.60. The minimum absolute atomic E-state index is 0.744. The van der Waals surface area contributed by atoms with Gasteiger partial charge in [-0.15, -0.1) is 0 Å². The van der Waals surface area contributed by atoms with E-state index >= 15 is 0 Å². The Bertz CT molecular complexity index is 363. The Hall–Kier alpha value is -1.36. The summed E-state index contributed by atoms with van der Waals surface area (Å²) in [7, 11) is 0. The quantitative estimate of drug-likeness (QED) is 0.728. The van der Waals surface area contributed by atoms with Gasteiger partial charge in [0.15, 0.2) is 0 Å². The third kappa shape index (κ3) is 3.66. The van der Waals surface area contributed by atoms with Crippen molar-refractivity contribution in [1.82, 2.24) is 4.98 Å². The predicted molar refractivity (Wildman–Crippen MR) is 66.2 cm³/mol. The fourth-order valence-corrected chi connectivity index (χ4v) is 1.68. The predicted octanol–water partition coefficient (Wildman–Crippen LogP) is 3.64. The fourth-order valence-electron chi connectivity index (χ4n) is 1.68. The van der Waals surface area contributed by atoms with Crippen molar-refractivity contribution in [2.75, 3.05) is 0 Å². The fraction of sp³-hybridized carbons (Fsp3) is 0.571. The molecule has 1 aromatic rings. The van der Waals surface area contributed by atoms with E-state index in [1.54, 1.807) is 0 Å². The molecule has 1 aromatic heterocycles. The van der Waals surface area contributed by atoms with Gasteiger partial charge in [-0.05, 0) is 37.8 Å². The average Bonchev–Trinajstić information content (AvgIpc) is 2.33. The van der Waals surface area contributed by atoms with Crippen LogP contribution in [0.4, 0.5) is 0 Å². The molecule has 2 heteroatoms. The molecule has 0 saturated carbocycles. The van der Waals surface area contributed by atoms with Gasteiger partial charge in [-0.2, -0.15) is 5.26 Å². The summed E-state index contributed by atoms with van der Waals surface area (Å²) in [6, 6.07) is 6.13. The molecule has 16 heavy (non-hydrogen) atoms. The number of pyridine rings is 1. The second-order valence-corrected chi connectivity index (χ2v) is 4.12. The second kappa shape index (κ2) is 7.00. The Labute approximate surface area is 98.3 Å². The Kier molecular flexibility index (Phi) is 5.56. The number of hydrogen-bond donors (Lipinski definition) is 0. The molecule has 0 aliphatic carbocycles. The normalized spacial score (nSPS) is 10.1. The van der Waals surface area contributed by atoms with Crippen LogP contribution in [0.1, 0.15) is 56.5 Å². The molecule has 0 fully saturated rings. The number of nitrogens with zero attached hydrogens (tertiary/aromatic N) is 2. The van der Waals surface area contributed by atoms with Gasteiger partial charge in [-0.3, -0.25) is 4.98 Å². The van der Waals surface area contributed by atoms with E-state index in [-0.39, 0.29) is 0 Å². The summed E-state index contributed by atoms with van der Waals surface area (Å²) in [6.07, 6.45) is 6.57. The maximum atomic E-state index is 8.99. The highest BCUT2D eigenvalue weighted by Gasteiger charge is 2.04. The van der Waals surface area contributed by atoms with Crippen molar-refractivity contribution < 1.29 is 0 Å². The van der Waals surface area contributed by atoms with Gasteiger partial charge in [0, 0.05) is 5.69 Å². The van der Waals surface area contributed by atoms with Crippen molar-refractivity contribution in [2.24, 2.45) is 0 Å². The molecule has 0 aromatic carbocycles. The molecular weight excluding hydrogens is 196 g/mol. The van der Waals surface area contributed by atoms with Gasteiger partial charge in [0.1, 0.15) is 6.07 Å². The van der Waals surface area contributed by atoms with Crippen molar-refractivity contribution in [3.05, 3.63) is 29.1 Å². The van der Waals surface area contributed by atoms with Crippen LogP contribution in [0.5, 0.6) is 0 Å². The zero-order valence-electron chi connectivity index (χ0n) is 10.3. The highest BCUT2D eigenvalue weighted by molar-refractivity contribution is 5.34. The SMILES string of the molecule is CCCCc1ccc(C#N)c(CCCC)n1. The van der Waals surface area contributed by atoms with E-state index in [1.165, 1.54) is 12.8 Å². The summed E-state index contributed by atoms with van der Waals surface area (Å²) in [5, 5.41) is 8.99. The number of nitriles is 1. The number of rotatable bonds is 6. The van der Waals surface area contributed by atoms with Crippen molar-refractivity contribution >= 4 is 0 Å². The summed E-state index contributed by atoms with van der Waals surface area (Å²) >= 11 is 0. The van der Waals surface area contributed by atoms with E-state index < -0.39 is 0 Å². The van der Waals surface area contributed by atoms with Gasteiger partial charge >= 0.3 is 0 Å². The smallest absolute Gasteiger partial charge is 0.101 e. The van der Waals surface area contributed by atoms with Crippen molar-refractivity contribution in [3.63, 3.8) is 0 Å². The van der Waals surface area contributed by atoms with Gasteiger partial charge in [0.25, 0.3) is 0 Å². The molecule has 0 unspecified atom stereocenters. The van der Waals surface area contributed by atoms with E-state index in [0.717, 1.165) is 42.6 Å². The number of unbranched alkanes of at least 4 members (excludes halogenated alkanes) is 2. The summed E-state index contributed by atoms with van der Waals surface area (Å²) in [6.45, 7) is 4.34. The zero-order valence-corrected chi connectivity index (χ0v) is 10.3. The molecule has 0 radical (unpaired) electrons. The molecule has 0 aliphatic heterocycles. The molecule has 0 saturated heterocycles. The molecule has 0 N–H and O–H groups in total. The summed E-state index contributed by atoms with van der Waals surface area (Å²) in [5.74, 6) is 0. The van der Waals surface area contributed by atoms with Crippen LogP contribution in [0, 0.1) is 11.3 Å². The van der Waals surface area contributed by atoms with Crippen LogP contribution in [0.25, 0.3) is 0 Å². The topological polar surface area (TPSA) is 36.7 Å². The lowest BCUT2D eigenvalue weighted by atomic mass is 10.1. The minimum Gasteiger partial charge on any atom is -0.257 e. The first-order chi connectivity index (χ1) is 7.81. The van der Waals surface area contributed by atoms with Crippen LogP contribution >= 0.6 is 0 Å². The lowest BCUT2D eigenvalue weighted by molar-refractivity contribution is 0.744. The van der Waals surface area contributed by atoms with Crippen molar-refractivity contribution in [3.8, 4) is 6.07 Å². The summed E-state index contributed by atoms with van der Waals surface area (Å²) < 4.78 is 0. The maximum Gasteiger partial charge on any atom is 0.101 e. The average molecular weight is 216 g/mol. The molecule has 0 atom stereocenters. The van der Waals surface area contributed by atoms with Gasteiger partial charge in [0.05, 0.1) is 11.3 Å². The Morgan fingerprint density at radius 3 is 2.44 bits per heavy atom. The van der Waals surface area contributed by atoms with E-state index in [0.29, 0.717) is 0 Å².